The maximum Gasteiger partial charge on any atom is 0.306 e. The number of aliphatic carboxylic acids is 1. The third-order valence-electron chi connectivity index (χ3n) is 5.74. The van der Waals surface area contributed by atoms with Gasteiger partial charge in [-0.1, -0.05) is 6.92 Å². The number of hydrogen-bond acceptors (Lipinski definition) is 6. The van der Waals surface area contributed by atoms with Crippen molar-refractivity contribution in [3.63, 3.8) is 0 Å². The van der Waals surface area contributed by atoms with Crippen molar-refractivity contribution in [2.24, 2.45) is 11.8 Å². The first-order valence-corrected chi connectivity index (χ1v) is 9.28. The Balaban J connectivity index is 1.60. The van der Waals surface area contributed by atoms with Crippen molar-refractivity contribution in [1.29, 1.82) is 0 Å². The molecule has 3 unspecified atom stereocenters. The van der Waals surface area contributed by atoms with Crippen LogP contribution in [0.5, 0.6) is 0 Å². The van der Waals surface area contributed by atoms with E-state index in [-0.39, 0.29) is 17.8 Å². The Kier molecular flexibility index (Phi) is 4.48. The number of nitrogens with zero attached hydrogens (tertiary/aromatic N) is 2. The summed E-state index contributed by atoms with van der Waals surface area (Å²) in [6.07, 6.45) is 2.13. The number of carboxylic acid groups (broad SMARTS) is 1. The molecular formula is C19H25N3O4. The molecule has 2 fully saturated rings. The average molecular weight is 359 g/mol. The number of hydrogen-bond donors (Lipinski definition) is 2. The van der Waals surface area contributed by atoms with Crippen LogP contribution in [0.15, 0.2) is 16.5 Å². The van der Waals surface area contributed by atoms with Crippen molar-refractivity contribution >= 4 is 28.4 Å². The van der Waals surface area contributed by atoms with Gasteiger partial charge in [-0.25, -0.2) is 4.98 Å². The van der Waals surface area contributed by atoms with E-state index in [9.17, 15) is 9.90 Å². The monoisotopic (exact) mass is 359 g/mol. The molecule has 26 heavy (non-hydrogen) atoms. The zero-order valence-corrected chi connectivity index (χ0v) is 15.0. The first-order chi connectivity index (χ1) is 12.5. The average Bonchev–Trinajstić information content (AvgIpc) is 3.04. The van der Waals surface area contributed by atoms with E-state index in [1.54, 1.807) is 0 Å². The van der Waals surface area contributed by atoms with Gasteiger partial charge in [-0.2, -0.15) is 0 Å². The zero-order chi connectivity index (χ0) is 18.3. The van der Waals surface area contributed by atoms with Crippen molar-refractivity contribution in [3.05, 3.63) is 18.0 Å². The standard InChI is InChI=1S/C19H25N3O4/c1-11-8-12(19(23)24)2-3-13(11)18-21-15-10-16(14(20)9-17(15)26-18)22-4-6-25-7-5-22/h9-13H,2-8,20H2,1H3,(H,23,24). The van der Waals surface area contributed by atoms with Gasteiger partial charge < -0.3 is 24.9 Å². The molecule has 1 aromatic heterocycles. The summed E-state index contributed by atoms with van der Waals surface area (Å²) in [7, 11) is 0. The summed E-state index contributed by atoms with van der Waals surface area (Å²) < 4.78 is 11.4. The third kappa shape index (κ3) is 3.11. The highest BCUT2D eigenvalue weighted by molar-refractivity contribution is 5.86. The number of ether oxygens (including phenoxy) is 1. The molecule has 0 amide bonds. The predicted octanol–water partition coefficient (Wildman–Crippen LogP) is 2.85. The van der Waals surface area contributed by atoms with Crippen LogP contribution in [0.4, 0.5) is 11.4 Å². The first kappa shape index (κ1) is 17.1. The van der Waals surface area contributed by atoms with Gasteiger partial charge in [-0.05, 0) is 31.2 Å². The number of nitrogens with two attached hydrogens (primary N) is 1. The summed E-state index contributed by atoms with van der Waals surface area (Å²) in [5, 5.41) is 9.25. The lowest BCUT2D eigenvalue weighted by Gasteiger charge is -2.30. The number of nitrogen functional groups attached to an aromatic ring is 1. The van der Waals surface area contributed by atoms with Gasteiger partial charge in [0.1, 0.15) is 5.52 Å². The van der Waals surface area contributed by atoms with Gasteiger partial charge in [0.05, 0.1) is 30.5 Å². The summed E-state index contributed by atoms with van der Waals surface area (Å²) >= 11 is 0. The van der Waals surface area contributed by atoms with Crippen LogP contribution in [0, 0.1) is 11.8 Å². The molecule has 2 aromatic rings. The molecule has 140 valence electrons. The van der Waals surface area contributed by atoms with Crippen molar-refractivity contribution in [2.45, 2.75) is 32.1 Å². The van der Waals surface area contributed by atoms with Crippen LogP contribution in [0.25, 0.3) is 11.1 Å². The minimum atomic E-state index is -0.698. The first-order valence-electron chi connectivity index (χ1n) is 9.28. The lowest BCUT2D eigenvalue weighted by atomic mass is 9.75. The van der Waals surface area contributed by atoms with Crippen molar-refractivity contribution < 1.29 is 19.1 Å². The predicted molar refractivity (Wildman–Crippen MR) is 98.3 cm³/mol. The molecule has 3 N–H and O–H groups in total. The van der Waals surface area contributed by atoms with E-state index in [0.717, 1.165) is 30.7 Å². The number of carbonyl (C=O) groups is 1. The van der Waals surface area contributed by atoms with Gasteiger partial charge in [0.2, 0.25) is 0 Å². The normalized spacial score (nSPS) is 27.0. The number of oxazole rings is 1. The number of rotatable bonds is 3. The molecule has 1 saturated carbocycles. The van der Waals surface area contributed by atoms with Gasteiger partial charge in [0.25, 0.3) is 0 Å². The number of aromatic nitrogens is 1. The Morgan fingerprint density at radius 2 is 2.08 bits per heavy atom. The van der Waals surface area contributed by atoms with Gasteiger partial charge in [-0.15, -0.1) is 0 Å². The SMILES string of the molecule is CC1CC(C(=O)O)CCC1c1nc2cc(N3CCOCC3)c(N)cc2o1. The number of fused-ring (bicyclic) bond motifs is 1. The second kappa shape index (κ2) is 6.79. The van der Waals surface area contributed by atoms with E-state index in [4.69, 9.17) is 19.9 Å². The summed E-state index contributed by atoms with van der Waals surface area (Å²) in [4.78, 5) is 18.2. The topological polar surface area (TPSA) is 102 Å². The summed E-state index contributed by atoms with van der Waals surface area (Å²) in [6, 6.07) is 3.85. The van der Waals surface area contributed by atoms with Crippen molar-refractivity contribution in [3.8, 4) is 0 Å². The van der Waals surface area contributed by atoms with Crippen LogP contribution in [-0.4, -0.2) is 42.4 Å². The van der Waals surface area contributed by atoms with E-state index >= 15 is 0 Å². The van der Waals surface area contributed by atoms with Gasteiger partial charge >= 0.3 is 5.97 Å². The van der Waals surface area contributed by atoms with Crippen LogP contribution in [0.3, 0.4) is 0 Å². The molecule has 2 heterocycles. The smallest absolute Gasteiger partial charge is 0.306 e. The van der Waals surface area contributed by atoms with E-state index in [0.29, 0.717) is 43.2 Å². The van der Waals surface area contributed by atoms with Crippen molar-refractivity contribution in [1.82, 2.24) is 4.98 Å². The van der Waals surface area contributed by atoms with Gasteiger partial charge in [0, 0.05) is 25.1 Å². The lowest BCUT2D eigenvalue weighted by molar-refractivity contribution is -0.143. The molecule has 1 aliphatic carbocycles. The van der Waals surface area contributed by atoms with Gasteiger partial charge in [-0.3, -0.25) is 4.79 Å². The number of anilines is 2. The molecule has 7 nitrogen and oxygen atoms in total. The fourth-order valence-electron chi connectivity index (χ4n) is 4.22. The summed E-state index contributed by atoms with van der Waals surface area (Å²) in [6.45, 7) is 5.12. The number of morpholine rings is 1. The van der Waals surface area contributed by atoms with Crippen molar-refractivity contribution in [2.75, 3.05) is 36.9 Å². The van der Waals surface area contributed by atoms with E-state index in [1.165, 1.54) is 0 Å². The molecule has 7 heteroatoms. The highest BCUT2D eigenvalue weighted by Gasteiger charge is 2.34. The summed E-state index contributed by atoms with van der Waals surface area (Å²) in [5.41, 5.74) is 9.41. The van der Waals surface area contributed by atoms with E-state index in [2.05, 4.69) is 11.8 Å². The minimum Gasteiger partial charge on any atom is -0.481 e. The van der Waals surface area contributed by atoms with Crippen LogP contribution in [0.2, 0.25) is 0 Å². The van der Waals surface area contributed by atoms with Crippen LogP contribution >= 0.6 is 0 Å². The number of benzene rings is 1. The lowest BCUT2D eigenvalue weighted by Crippen LogP contribution is -2.36. The van der Waals surface area contributed by atoms with Crippen LogP contribution < -0.4 is 10.6 Å². The molecular weight excluding hydrogens is 334 g/mol. The van der Waals surface area contributed by atoms with Crippen LogP contribution in [-0.2, 0) is 9.53 Å². The Labute approximate surface area is 152 Å². The molecule has 0 radical (unpaired) electrons. The maximum absolute atomic E-state index is 11.2. The molecule has 1 aromatic carbocycles. The second-order valence-electron chi connectivity index (χ2n) is 7.46. The molecule has 1 aliphatic heterocycles. The third-order valence-corrected chi connectivity index (χ3v) is 5.74. The summed E-state index contributed by atoms with van der Waals surface area (Å²) in [5.74, 6) is 0.139. The Bertz CT molecular complexity index is 812. The minimum absolute atomic E-state index is 0.158. The zero-order valence-electron chi connectivity index (χ0n) is 15.0. The Morgan fingerprint density at radius 3 is 2.77 bits per heavy atom. The molecule has 1 saturated heterocycles. The molecule has 0 spiro atoms. The molecule has 4 rings (SSSR count). The Morgan fingerprint density at radius 1 is 1.31 bits per heavy atom. The molecule has 0 bridgehead atoms. The second-order valence-corrected chi connectivity index (χ2v) is 7.46. The fourth-order valence-corrected chi connectivity index (χ4v) is 4.22. The Hall–Kier alpha value is -2.28. The van der Waals surface area contributed by atoms with Crippen LogP contribution in [0.1, 0.15) is 38.0 Å². The van der Waals surface area contributed by atoms with Gasteiger partial charge in [0.15, 0.2) is 11.5 Å². The van der Waals surface area contributed by atoms with E-state index in [1.807, 2.05) is 12.1 Å². The maximum atomic E-state index is 11.2. The molecule has 3 atom stereocenters. The highest BCUT2D eigenvalue weighted by Crippen LogP contribution is 2.41. The highest BCUT2D eigenvalue weighted by atomic mass is 16.5. The van der Waals surface area contributed by atoms with E-state index < -0.39 is 5.97 Å². The molecule has 2 aliphatic rings. The quantitative estimate of drug-likeness (QED) is 0.812. The fraction of sp³-hybridized carbons (Fsp3) is 0.579. The largest absolute Gasteiger partial charge is 0.481 e. The number of carboxylic acids is 1.